The molecule has 3 rings (SSSR count). The first-order valence-electron chi connectivity index (χ1n) is 8.68. The minimum absolute atomic E-state index is 1.04. The molecule has 26 heavy (non-hydrogen) atoms. The molecule has 0 aromatic heterocycles. The number of rotatable bonds is 6. The van der Waals surface area contributed by atoms with Crippen LogP contribution in [-0.4, -0.2) is 0 Å². The predicted molar refractivity (Wildman–Crippen MR) is 115 cm³/mol. The van der Waals surface area contributed by atoms with Crippen LogP contribution in [0.2, 0.25) is 0 Å². The van der Waals surface area contributed by atoms with Crippen molar-refractivity contribution in [2.24, 2.45) is 0 Å². The van der Waals surface area contributed by atoms with Crippen LogP contribution in [0, 0.1) is 0 Å². The lowest BCUT2D eigenvalue weighted by atomic mass is 10.1. The molecule has 3 aromatic rings. The first-order chi connectivity index (χ1) is 12.5. The molecule has 0 saturated heterocycles. The molecule has 0 saturated carbocycles. The molecule has 0 heterocycles. The van der Waals surface area contributed by atoms with Crippen LogP contribution in [0.25, 0.3) is 11.1 Å². The Morgan fingerprint density at radius 1 is 0.577 bits per heavy atom. The maximum atomic E-state index is 4.05. The molecule has 0 unspecified atom stereocenters. The summed E-state index contributed by atoms with van der Waals surface area (Å²) >= 11 is 0. The van der Waals surface area contributed by atoms with Crippen molar-refractivity contribution in [3.8, 4) is 0 Å². The summed E-state index contributed by atoms with van der Waals surface area (Å²) in [5.74, 6) is 0. The second kappa shape index (κ2) is 7.75. The molecule has 0 aliphatic carbocycles. The standard InChI is InChI=1S/C24H24N2/c1-17(2)21-9-5-7-11-23(21)25-19-13-15-20(16-14-19)26-24-12-8-6-10-22(24)18(3)4/h5-16,25-26H,1,3H2,2,4H3. The zero-order chi connectivity index (χ0) is 18.5. The van der Waals surface area contributed by atoms with Crippen LogP contribution in [0.15, 0.2) is 86.0 Å². The fourth-order valence-electron chi connectivity index (χ4n) is 2.88. The summed E-state index contributed by atoms with van der Waals surface area (Å²) < 4.78 is 0. The van der Waals surface area contributed by atoms with E-state index >= 15 is 0 Å². The average Bonchev–Trinajstić information content (AvgIpc) is 2.64. The maximum Gasteiger partial charge on any atom is 0.0460 e. The summed E-state index contributed by atoms with van der Waals surface area (Å²) in [5, 5.41) is 6.94. The van der Waals surface area contributed by atoms with E-state index in [1.807, 2.05) is 38.1 Å². The minimum Gasteiger partial charge on any atom is -0.355 e. The van der Waals surface area contributed by atoms with Gasteiger partial charge in [-0.2, -0.15) is 0 Å². The molecule has 3 aromatic carbocycles. The van der Waals surface area contributed by atoms with Crippen molar-refractivity contribution in [3.63, 3.8) is 0 Å². The molecule has 130 valence electrons. The average molecular weight is 340 g/mol. The van der Waals surface area contributed by atoms with Crippen LogP contribution in [0.1, 0.15) is 25.0 Å². The molecule has 0 fully saturated rings. The van der Waals surface area contributed by atoms with E-state index in [1.54, 1.807) is 0 Å². The molecule has 0 aliphatic rings. The molecule has 0 spiro atoms. The lowest BCUT2D eigenvalue weighted by Crippen LogP contribution is -1.96. The molecule has 0 radical (unpaired) electrons. The second-order valence-corrected chi connectivity index (χ2v) is 6.48. The maximum absolute atomic E-state index is 4.05. The third kappa shape index (κ3) is 4.04. The smallest absolute Gasteiger partial charge is 0.0460 e. The van der Waals surface area contributed by atoms with Gasteiger partial charge in [0.25, 0.3) is 0 Å². The first-order valence-corrected chi connectivity index (χ1v) is 8.68. The van der Waals surface area contributed by atoms with Gasteiger partial charge in [-0.05, 0) is 61.4 Å². The van der Waals surface area contributed by atoms with Crippen molar-refractivity contribution in [2.45, 2.75) is 13.8 Å². The van der Waals surface area contributed by atoms with Gasteiger partial charge in [-0.3, -0.25) is 0 Å². The van der Waals surface area contributed by atoms with Gasteiger partial charge in [0.1, 0.15) is 0 Å². The van der Waals surface area contributed by atoms with Crippen LogP contribution >= 0.6 is 0 Å². The third-order valence-corrected chi connectivity index (χ3v) is 4.22. The van der Waals surface area contributed by atoms with Crippen molar-refractivity contribution in [1.82, 2.24) is 0 Å². The SMILES string of the molecule is C=C(C)c1ccccc1Nc1ccc(Nc2ccccc2C(=C)C)cc1. The van der Waals surface area contributed by atoms with E-state index in [-0.39, 0.29) is 0 Å². The molecule has 2 nitrogen and oxygen atoms in total. The van der Waals surface area contributed by atoms with Crippen LogP contribution < -0.4 is 10.6 Å². The van der Waals surface area contributed by atoms with Gasteiger partial charge in [-0.1, -0.05) is 49.6 Å². The molecule has 0 aliphatic heterocycles. The molecular formula is C24H24N2. The monoisotopic (exact) mass is 340 g/mol. The fourth-order valence-corrected chi connectivity index (χ4v) is 2.88. The van der Waals surface area contributed by atoms with Crippen LogP contribution in [-0.2, 0) is 0 Å². The Balaban J connectivity index is 1.78. The summed E-state index contributed by atoms with van der Waals surface area (Å²) in [6.45, 7) is 12.1. The van der Waals surface area contributed by atoms with Gasteiger partial charge in [-0.15, -0.1) is 0 Å². The number of hydrogen-bond donors (Lipinski definition) is 2. The highest BCUT2D eigenvalue weighted by Gasteiger charge is 2.05. The number of benzene rings is 3. The summed E-state index contributed by atoms with van der Waals surface area (Å²) in [4.78, 5) is 0. The highest BCUT2D eigenvalue weighted by molar-refractivity contribution is 5.79. The fraction of sp³-hybridized carbons (Fsp3) is 0.0833. The van der Waals surface area contributed by atoms with Gasteiger partial charge >= 0.3 is 0 Å². The largest absolute Gasteiger partial charge is 0.355 e. The molecule has 2 N–H and O–H groups in total. The number of anilines is 4. The number of para-hydroxylation sites is 2. The van der Waals surface area contributed by atoms with E-state index in [0.29, 0.717) is 0 Å². The Morgan fingerprint density at radius 3 is 1.27 bits per heavy atom. The third-order valence-electron chi connectivity index (χ3n) is 4.22. The van der Waals surface area contributed by atoms with Crippen LogP contribution in [0.4, 0.5) is 22.7 Å². The van der Waals surface area contributed by atoms with Gasteiger partial charge < -0.3 is 10.6 Å². The van der Waals surface area contributed by atoms with Gasteiger partial charge in [0.2, 0.25) is 0 Å². The lowest BCUT2D eigenvalue weighted by molar-refractivity contribution is 1.48. The normalized spacial score (nSPS) is 10.2. The predicted octanol–water partition coefficient (Wildman–Crippen LogP) is 7.24. The summed E-state index contributed by atoms with van der Waals surface area (Å²) in [6.07, 6.45) is 0. The van der Waals surface area contributed by atoms with Gasteiger partial charge in [-0.25, -0.2) is 0 Å². The molecule has 0 bridgehead atoms. The highest BCUT2D eigenvalue weighted by Crippen LogP contribution is 2.28. The Kier molecular flexibility index (Phi) is 5.23. The van der Waals surface area contributed by atoms with Crippen molar-refractivity contribution in [3.05, 3.63) is 97.1 Å². The lowest BCUT2D eigenvalue weighted by Gasteiger charge is -2.14. The molecule has 2 heteroatoms. The van der Waals surface area contributed by atoms with E-state index < -0.39 is 0 Å². The Bertz CT molecular complexity index is 858. The number of allylic oxidation sites excluding steroid dienone is 2. The van der Waals surface area contributed by atoms with E-state index in [0.717, 1.165) is 45.0 Å². The van der Waals surface area contributed by atoms with Gasteiger partial charge in [0, 0.05) is 33.9 Å². The zero-order valence-electron chi connectivity index (χ0n) is 15.3. The van der Waals surface area contributed by atoms with E-state index in [4.69, 9.17) is 0 Å². The first kappa shape index (κ1) is 17.6. The van der Waals surface area contributed by atoms with Crippen LogP contribution in [0.3, 0.4) is 0 Å². The van der Waals surface area contributed by atoms with E-state index in [1.165, 1.54) is 0 Å². The quantitative estimate of drug-likeness (QED) is 0.494. The van der Waals surface area contributed by atoms with Crippen molar-refractivity contribution < 1.29 is 0 Å². The Hall–Kier alpha value is -3.26. The summed E-state index contributed by atoms with van der Waals surface area (Å²) in [6, 6.07) is 24.7. The molecular weight excluding hydrogens is 316 g/mol. The van der Waals surface area contributed by atoms with Gasteiger partial charge in [0.05, 0.1) is 0 Å². The summed E-state index contributed by atoms with van der Waals surface area (Å²) in [7, 11) is 0. The molecule has 0 atom stereocenters. The summed E-state index contributed by atoms with van der Waals surface area (Å²) in [5.41, 5.74) is 8.55. The van der Waals surface area contributed by atoms with Crippen molar-refractivity contribution in [1.29, 1.82) is 0 Å². The van der Waals surface area contributed by atoms with Crippen molar-refractivity contribution >= 4 is 33.9 Å². The number of nitrogens with one attached hydrogen (secondary N) is 2. The van der Waals surface area contributed by atoms with Crippen LogP contribution in [0.5, 0.6) is 0 Å². The van der Waals surface area contributed by atoms with E-state index in [9.17, 15) is 0 Å². The topological polar surface area (TPSA) is 24.1 Å². The van der Waals surface area contributed by atoms with Crippen molar-refractivity contribution in [2.75, 3.05) is 10.6 Å². The Morgan fingerprint density at radius 2 is 0.923 bits per heavy atom. The number of hydrogen-bond acceptors (Lipinski definition) is 2. The Labute approximate surface area is 155 Å². The zero-order valence-corrected chi connectivity index (χ0v) is 15.3. The second-order valence-electron chi connectivity index (χ2n) is 6.48. The minimum atomic E-state index is 1.04. The highest BCUT2D eigenvalue weighted by atomic mass is 14.9. The van der Waals surface area contributed by atoms with Gasteiger partial charge in [0.15, 0.2) is 0 Å². The van der Waals surface area contributed by atoms with E-state index in [2.05, 4.69) is 72.3 Å². The molecule has 0 amide bonds.